The van der Waals surface area contributed by atoms with Crippen LogP contribution in [0.1, 0.15) is 49.4 Å². The van der Waals surface area contributed by atoms with Crippen LogP contribution >= 0.6 is 11.8 Å². The molecule has 2 aliphatic rings. The third-order valence-corrected chi connectivity index (χ3v) is 6.31. The summed E-state index contributed by atoms with van der Waals surface area (Å²) in [6.45, 7) is 7.69. The Bertz CT molecular complexity index is 752. The molecule has 2 aromatic rings. The van der Waals surface area contributed by atoms with E-state index in [0.29, 0.717) is 6.04 Å². The van der Waals surface area contributed by atoms with Crippen LogP contribution in [-0.2, 0) is 6.54 Å². The third kappa shape index (κ3) is 2.37. The van der Waals surface area contributed by atoms with Crippen molar-refractivity contribution in [2.75, 3.05) is 5.75 Å². The second-order valence-corrected chi connectivity index (χ2v) is 7.47. The van der Waals surface area contributed by atoms with Gasteiger partial charge in [-0.15, -0.1) is 0 Å². The van der Waals surface area contributed by atoms with Crippen molar-refractivity contribution in [2.24, 2.45) is 4.99 Å². The van der Waals surface area contributed by atoms with E-state index in [1.807, 2.05) is 24.0 Å². The molecule has 1 saturated heterocycles. The van der Waals surface area contributed by atoms with Crippen LogP contribution in [0.4, 0.5) is 0 Å². The Labute approximate surface area is 148 Å². The minimum absolute atomic E-state index is 0.0858. The van der Waals surface area contributed by atoms with Crippen molar-refractivity contribution in [1.29, 1.82) is 0 Å². The average Bonchev–Trinajstić information content (AvgIpc) is 3.28. The Morgan fingerprint density at radius 1 is 1.21 bits per heavy atom. The first-order chi connectivity index (χ1) is 11.7. The number of hydrogen-bond acceptors (Lipinski definition) is 4. The van der Waals surface area contributed by atoms with Gasteiger partial charge >= 0.3 is 0 Å². The highest BCUT2D eigenvalue weighted by Gasteiger charge is 2.46. The van der Waals surface area contributed by atoms with E-state index in [4.69, 9.17) is 4.99 Å². The van der Waals surface area contributed by atoms with Gasteiger partial charge in [0, 0.05) is 35.9 Å². The molecular weight excluding hydrogens is 316 g/mol. The van der Waals surface area contributed by atoms with Crippen LogP contribution in [-0.4, -0.2) is 31.4 Å². The van der Waals surface area contributed by atoms with E-state index in [2.05, 4.69) is 59.5 Å². The van der Waals surface area contributed by atoms with E-state index in [9.17, 15) is 0 Å². The predicted molar refractivity (Wildman–Crippen MR) is 100 cm³/mol. The maximum absolute atomic E-state index is 5.09. The zero-order chi connectivity index (χ0) is 16.7. The van der Waals surface area contributed by atoms with Gasteiger partial charge in [-0.1, -0.05) is 24.8 Å². The number of amidine groups is 1. The van der Waals surface area contributed by atoms with E-state index >= 15 is 0 Å². The van der Waals surface area contributed by atoms with Gasteiger partial charge in [-0.25, -0.2) is 0 Å². The van der Waals surface area contributed by atoms with Gasteiger partial charge in [0.2, 0.25) is 0 Å². The lowest BCUT2D eigenvalue weighted by molar-refractivity contribution is 0.245. The average molecular weight is 340 g/mol. The normalized spacial score (nSPS) is 25.9. The lowest BCUT2D eigenvalue weighted by atomic mass is 9.99. The molecule has 0 aliphatic carbocycles. The van der Waals surface area contributed by atoms with Crippen LogP contribution in [0, 0.1) is 6.92 Å². The molecule has 4 heterocycles. The maximum atomic E-state index is 5.09. The molecule has 24 heavy (non-hydrogen) atoms. The molecule has 0 amide bonds. The number of aromatic nitrogens is 2. The van der Waals surface area contributed by atoms with E-state index < -0.39 is 0 Å². The van der Waals surface area contributed by atoms with Gasteiger partial charge in [0.05, 0.1) is 11.7 Å². The molecular formula is C19H24N4S. The topological polar surface area (TPSA) is 33.4 Å². The van der Waals surface area contributed by atoms with Crippen molar-refractivity contribution >= 4 is 16.9 Å². The summed E-state index contributed by atoms with van der Waals surface area (Å²) in [5, 5.41) is 1.20. The van der Waals surface area contributed by atoms with Gasteiger partial charge in [-0.2, -0.15) is 0 Å². The number of rotatable bonds is 4. The molecule has 4 nitrogen and oxygen atoms in total. The summed E-state index contributed by atoms with van der Waals surface area (Å²) in [4.78, 5) is 12.3. The molecule has 0 bridgehead atoms. The molecule has 0 aromatic carbocycles. The highest BCUT2D eigenvalue weighted by molar-refractivity contribution is 8.14. The molecule has 0 saturated carbocycles. The monoisotopic (exact) mass is 340 g/mol. The first kappa shape index (κ1) is 15.8. The number of pyridine rings is 1. The number of fused-ring (bicyclic) bond motifs is 1. The second kappa shape index (κ2) is 6.28. The van der Waals surface area contributed by atoms with Gasteiger partial charge in [-0.3, -0.25) is 9.98 Å². The first-order valence-corrected chi connectivity index (χ1v) is 9.79. The molecule has 0 N–H and O–H groups in total. The Morgan fingerprint density at radius 3 is 2.79 bits per heavy atom. The lowest BCUT2D eigenvalue weighted by Gasteiger charge is -2.32. The molecule has 1 fully saturated rings. The van der Waals surface area contributed by atoms with Crippen molar-refractivity contribution in [3.05, 3.63) is 53.6 Å². The van der Waals surface area contributed by atoms with Gasteiger partial charge in [0.1, 0.15) is 6.04 Å². The molecule has 0 radical (unpaired) electrons. The van der Waals surface area contributed by atoms with E-state index in [1.54, 1.807) is 0 Å². The van der Waals surface area contributed by atoms with Crippen LogP contribution in [0.15, 0.2) is 41.5 Å². The number of aliphatic imine (C=N–C) groups is 1. The summed E-state index contributed by atoms with van der Waals surface area (Å²) in [5.41, 5.74) is 3.76. The quantitative estimate of drug-likeness (QED) is 0.837. The summed E-state index contributed by atoms with van der Waals surface area (Å²) < 4.78 is 2.43. The summed E-state index contributed by atoms with van der Waals surface area (Å²) in [7, 11) is 0. The van der Waals surface area contributed by atoms with Crippen molar-refractivity contribution < 1.29 is 0 Å². The zero-order valence-corrected chi connectivity index (χ0v) is 15.3. The summed E-state index contributed by atoms with van der Waals surface area (Å²) in [6, 6.07) is 11.6. The zero-order valence-electron chi connectivity index (χ0n) is 14.5. The number of nitrogens with zero attached hydrogens (tertiary/aromatic N) is 4. The third-order valence-electron chi connectivity index (χ3n) is 5.18. The lowest BCUT2D eigenvalue weighted by Crippen LogP contribution is -2.36. The summed E-state index contributed by atoms with van der Waals surface area (Å²) in [5.74, 6) is 1.15. The van der Waals surface area contributed by atoms with Crippen LogP contribution in [0.3, 0.4) is 0 Å². The molecule has 2 aliphatic heterocycles. The van der Waals surface area contributed by atoms with Crippen LogP contribution in [0.2, 0.25) is 0 Å². The molecule has 3 atom stereocenters. The standard InChI is InChI=1S/C19H24N4S/c1-4-14-12-24-19-21-17(15-8-6-7-11-20-15)18(23(14)19)16-10-9-13(3)22(16)5-2/h6-11,14,17-18H,4-5,12H2,1-3H3/t14-,17-,18-/m1/s1. The number of aryl methyl sites for hydroxylation is 1. The Kier molecular flexibility index (Phi) is 4.12. The largest absolute Gasteiger partial charge is 0.347 e. The molecule has 2 aromatic heterocycles. The van der Waals surface area contributed by atoms with Crippen LogP contribution in [0.5, 0.6) is 0 Å². The smallest absolute Gasteiger partial charge is 0.160 e. The number of thioether (sulfide) groups is 1. The molecule has 126 valence electrons. The predicted octanol–water partition coefficient (Wildman–Crippen LogP) is 4.19. The van der Waals surface area contributed by atoms with Crippen LogP contribution in [0.25, 0.3) is 0 Å². The van der Waals surface area contributed by atoms with Gasteiger partial charge in [0.15, 0.2) is 5.17 Å². The fourth-order valence-electron chi connectivity index (χ4n) is 3.95. The summed E-state index contributed by atoms with van der Waals surface area (Å²) in [6.07, 6.45) is 3.04. The van der Waals surface area contributed by atoms with Gasteiger partial charge < -0.3 is 9.47 Å². The minimum atomic E-state index is 0.0858. The highest BCUT2D eigenvalue weighted by atomic mass is 32.2. The molecule has 4 rings (SSSR count). The van der Waals surface area contributed by atoms with E-state index in [-0.39, 0.29) is 12.1 Å². The van der Waals surface area contributed by atoms with Gasteiger partial charge in [0.25, 0.3) is 0 Å². The van der Waals surface area contributed by atoms with Crippen molar-refractivity contribution in [3.8, 4) is 0 Å². The maximum Gasteiger partial charge on any atom is 0.160 e. The Balaban J connectivity index is 1.82. The van der Waals surface area contributed by atoms with Crippen molar-refractivity contribution in [2.45, 2.75) is 51.9 Å². The van der Waals surface area contributed by atoms with Crippen molar-refractivity contribution in [1.82, 2.24) is 14.5 Å². The molecule has 5 heteroatoms. The van der Waals surface area contributed by atoms with E-state index in [0.717, 1.165) is 24.4 Å². The highest BCUT2D eigenvalue weighted by Crippen LogP contribution is 2.48. The Hall–Kier alpha value is -1.75. The molecule has 0 spiro atoms. The number of hydrogen-bond donors (Lipinski definition) is 0. The SMILES string of the molecule is CC[C@@H]1CSC2=N[C@H](c3ccccn3)[C@@H](c3ccc(C)n3CC)N21. The first-order valence-electron chi connectivity index (χ1n) is 8.80. The minimum Gasteiger partial charge on any atom is -0.347 e. The fraction of sp³-hybridized carbons (Fsp3) is 0.474. The van der Waals surface area contributed by atoms with Gasteiger partial charge in [-0.05, 0) is 44.5 Å². The van der Waals surface area contributed by atoms with Crippen LogP contribution < -0.4 is 0 Å². The second-order valence-electron chi connectivity index (χ2n) is 6.48. The fourth-order valence-corrected chi connectivity index (χ4v) is 5.29. The Morgan fingerprint density at radius 2 is 2.08 bits per heavy atom. The van der Waals surface area contributed by atoms with Crippen molar-refractivity contribution in [3.63, 3.8) is 0 Å². The van der Waals surface area contributed by atoms with E-state index in [1.165, 1.54) is 16.6 Å². The summed E-state index contributed by atoms with van der Waals surface area (Å²) >= 11 is 1.90. The molecule has 0 unspecified atom stereocenters.